The molecule has 0 radical (unpaired) electrons. The predicted molar refractivity (Wildman–Crippen MR) is 86.9 cm³/mol. The zero-order valence-corrected chi connectivity index (χ0v) is 13.0. The van der Waals surface area contributed by atoms with Gasteiger partial charge >= 0.3 is 6.03 Å². The van der Waals surface area contributed by atoms with Crippen molar-refractivity contribution in [1.82, 2.24) is 20.2 Å². The molecule has 0 spiro atoms. The number of urea groups is 1. The number of nitrogens with zero attached hydrogens (tertiary/aromatic N) is 2. The second-order valence-electron chi connectivity index (χ2n) is 5.64. The van der Waals surface area contributed by atoms with Crippen molar-refractivity contribution >= 4 is 6.03 Å². The molecule has 1 saturated heterocycles. The Bertz CT molecular complexity index is 600. The van der Waals surface area contributed by atoms with Crippen LogP contribution in [0.25, 0.3) is 0 Å². The molecule has 2 N–H and O–H groups in total. The SMILES string of the molecule is O=C(NCCn1cccc1)N[C@H]1CCCO[C@@H]1c1ccncc1. The molecular weight excluding hydrogens is 292 g/mol. The van der Waals surface area contributed by atoms with Crippen molar-refractivity contribution in [2.24, 2.45) is 0 Å². The quantitative estimate of drug-likeness (QED) is 0.888. The maximum atomic E-state index is 12.1. The normalized spacial score (nSPS) is 20.9. The van der Waals surface area contributed by atoms with Gasteiger partial charge in [0.15, 0.2) is 0 Å². The average molecular weight is 314 g/mol. The maximum absolute atomic E-state index is 12.1. The van der Waals surface area contributed by atoms with Crippen LogP contribution in [0.3, 0.4) is 0 Å². The summed E-state index contributed by atoms with van der Waals surface area (Å²) in [6.45, 7) is 2.07. The molecule has 2 aromatic heterocycles. The number of aromatic nitrogens is 2. The standard InChI is InChI=1S/C17H22N4O2/c22-17(19-9-12-21-10-1-2-11-21)20-15-4-3-13-23-16(15)14-5-7-18-8-6-14/h1-2,5-8,10-11,15-16H,3-4,9,12-13H2,(H2,19,20,22)/t15-,16+/m0/s1. The fraction of sp³-hybridized carbons (Fsp3) is 0.412. The number of hydrogen-bond acceptors (Lipinski definition) is 3. The topological polar surface area (TPSA) is 68.2 Å². The lowest BCUT2D eigenvalue weighted by atomic mass is 9.97. The van der Waals surface area contributed by atoms with Gasteiger partial charge in [-0.15, -0.1) is 0 Å². The summed E-state index contributed by atoms with van der Waals surface area (Å²) in [6, 6.07) is 7.66. The molecule has 23 heavy (non-hydrogen) atoms. The second kappa shape index (κ2) is 7.78. The summed E-state index contributed by atoms with van der Waals surface area (Å²) in [4.78, 5) is 16.2. The molecule has 0 bridgehead atoms. The Morgan fingerprint density at radius 2 is 2.09 bits per heavy atom. The Kier molecular flexibility index (Phi) is 5.26. The van der Waals surface area contributed by atoms with E-state index < -0.39 is 0 Å². The highest BCUT2D eigenvalue weighted by atomic mass is 16.5. The van der Waals surface area contributed by atoms with Gasteiger partial charge in [-0.05, 0) is 42.7 Å². The van der Waals surface area contributed by atoms with Gasteiger partial charge in [0.05, 0.1) is 6.04 Å². The summed E-state index contributed by atoms with van der Waals surface area (Å²) in [5, 5.41) is 5.94. The third-order valence-corrected chi connectivity index (χ3v) is 4.00. The first kappa shape index (κ1) is 15.6. The summed E-state index contributed by atoms with van der Waals surface area (Å²) in [5.41, 5.74) is 1.05. The first-order chi connectivity index (χ1) is 11.3. The van der Waals surface area contributed by atoms with E-state index in [0.29, 0.717) is 6.54 Å². The van der Waals surface area contributed by atoms with Crippen LogP contribution in [-0.2, 0) is 11.3 Å². The Labute approximate surface area is 135 Å². The highest BCUT2D eigenvalue weighted by Crippen LogP contribution is 2.27. The molecule has 2 atom stereocenters. The van der Waals surface area contributed by atoms with Crippen molar-refractivity contribution in [3.8, 4) is 0 Å². The van der Waals surface area contributed by atoms with Gasteiger partial charge in [-0.2, -0.15) is 0 Å². The van der Waals surface area contributed by atoms with E-state index in [0.717, 1.165) is 31.6 Å². The van der Waals surface area contributed by atoms with Crippen LogP contribution in [0.5, 0.6) is 0 Å². The number of nitrogens with one attached hydrogen (secondary N) is 2. The van der Waals surface area contributed by atoms with E-state index in [1.165, 1.54) is 0 Å². The van der Waals surface area contributed by atoms with Crippen molar-refractivity contribution in [2.45, 2.75) is 31.5 Å². The largest absolute Gasteiger partial charge is 0.371 e. The van der Waals surface area contributed by atoms with Crippen molar-refractivity contribution in [2.75, 3.05) is 13.2 Å². The number of pyridine rings is 1. The van der Waals surface area contributed by atoms with Gasteiger partial charge in [0.25, 0.3) is 0 Å². The van der Waals surface area contributed by atoms with E-state index in [-0.39, 0.29) is 18.2 Å². The summed E-state index contributed by atoms with van der Waals surface area (Å²) < 4.78 is 7.90. The van der Waals surface area contributed by atoms with E-state index in [1.807, 2.05) is 41.2 Å². The highest BCUT2D eigenvalue weighted by molar-refractivity contribution is 5.74. The molecule has 1 fully saturated rings. The van der Waals surface area contributed by atoms with Crippen molar-refractivity contribution in [1.29, 1.82) is 0 Å². The lowest BCUT2D eigenvalue weighted by Crippen LogP contribution is -2.47. The number of hydrogen-bond donors (Lipinski definition) is 2. The molecule has 0 aromatic carbocycles. The van der Waals surface area contributed by atoms with Gasteiger partial charge in [0, 0.05) is 44.5 Å². The van der Waals surface area contributed by atoms with Gasteiger partial charge in [0.2, 0.25) is 0 Å². The van der Waals surface area contributed by atoms with E-state index in [1.54, 1.807) is 12.4 Å². The smallest absolute Gasteiger partial charge is 0.315 e. The van der Waals surface area contributed by atoms with Gasteiger partial charge in [-0.25, -0.2) is 4.79 Å². The maximum Gasteiger partial charge on any atom is 0.315 e. The molecule has 1 aliphatic rings. The number of rotatable bonds is 5. The zero-order chi connectivity index (χ0) is 15.9. The lowest BCUT2D eigenvalue weighted by Gasteiger charge is -2.32. The summed E-state index contributed by atoms with van der Waals surface area (Å²) in [5.74, 6) is 0. The van der Waals surface area contributed by atoms with Crippen LogP contribution in [0, 0.1) is 0 Å². The first-order valence-electron chi connectivity index (χ1n) is 7.99. The van der Waals surface area contributed by atoms with E-state index in [2.05, 4.69) is 15.6 Å². The molecule has 6 nitrogen and oxygen atoms in total. The van der Waals surface area contributed by atoms with Crippen LogP contribution < -0.4 is 10.6 Å². The molecule has 0 aliphatic carbocycles. The Morgan fingerprint density at radius 1 is 1.30 bits per heavy atom. The average Bonchev–Trinajstić information content (AvgIpc) is 3.09. The Balaban J connectivity index is 1.51. The van der Waals surface area contributed by atoms with Crippen LogP contribution in [0.4, 0.5) is 4.79 Å². The van der Waals surface area contributed by atoms with Crippen LogP contribution in [0.15, 0.2) is 49.1 Å². The molecule has 2 amide bonds. The zero-order valence-electron chi connectivity index (χ0n) is 13.0. The van der Waals surface area contributed by atoms with Crippen LogP contribution >= 0.6 is 0 Å². The van der Waals surface area contributed by atoms with Gasteiger partial charge in [-0.1, -0.05) is 0 Å². The Morgan fingerprint density at radius 3 is 2.87 bits per heavy atom. The molecule has 122 valence electrons. The third-order valence-electron chi connectivity index (χ3n) is 4.00. The van der Waals surface area contributed by atoms with E-state index >= 15 is 0 Å². The lowest BCUT2D eigenvalue weighted by molar-refractivity contribution is -0.00746. The fourth-order valence-corrected chi connectivity index (χ4v) is 2.85. The molecule has 1 aliphatic heterocycles. The molecular formula is C17H22N4O2. The fourth-order valence-electron chi connectivity index (χ4n) is 2.85. The monoisotopic (exact) mass is 314 g/mol. The van der Waals surface area contributed by atoms with Crippen molar-refractivity contribution in [3.63, 3.8) is 0 Å². The van der Waals surface area contributed by atoms with Gasteiger partial charge in [0.1, 0.15) is 6.10 Å². The first-order valence-corrected chi connectivity index (χ1v) is 7.99. The minimum Gasteiger partial charge on any atom is -0.371 e. The van der Waals surface area contributed by atoms with E-state index in [4.69, 9.17) is 4.74 Å². The molecule has 2 aromatic rings. The van der Waals surface area contributed by atoms with Crippen LogP contribution in [-0.4, -0.2) is 34.8 Å². The van der Waals surface area contributed by atoms with Crippen LogP contribution in [0.1, 0.15) is 24.5 Å². The van der Waals surface area contributed by atoms with Gasteiger partial charge in [-0.3, -0.25) is 4.98 Å². The summed E-state index contributed by atoms with van der Waals surface area (Å²) in [6.07, 6.45) is 9.22. The number of carbonyl (C=O) groups excluding carboxylic acids is 1. The Hall–Kier alpha value is -2.34. The van der Waals surface area contributed by atoms with Gasteiger partial charge < -0.3 is 19.9 Å². The predicted octanol–water partition coefficient (Wildman–Crippen LogP) is 2.10. The number of amides is 2. The second-order valence-corrected chi connectivity index (χ2v) is 5.64. The van der Waals surface area contributed by atoms with E-state index in [9.17, 15) is 4.79 Å². The van der Waals surface area contributed by atoms with Crippen LogP contribution in [0.2, 0.25) is 0 Å². The molecule has 3 rings (SSSR count). The highest BCUT2D eigenvalue weighted by Gasteiger charge is 2.28. The molecule has 3 heterocycles. The third kappa shape index (κ3) is 4.32. The summed E-state index contributed by atoms with van der Waals surface area (Å²) >= 11 is 0. The number of ether oxygens (including phenoxy) is 1. The van der Waals surface area contributed by atoms with Crippen molar-refractivity contribution < 1.29 is 9.53 Å². The minimum atomic E-state index is -0.147. The summed E-state index contributed by atoms with van der Waals surface area (Å²) in [7, 11) is 0. The minimum absolute atomic E-state index is 0.0160. The molecule has 6 heteroatoms. The molecule has 0 saturated carbocycles. The van der Waals surface area contributed by atoms with Crippen molar-refractivity contribution in [3.05, 3.63) is 54.6 Å². The number of carbonyl (C=O) groups is 1. The molecule has 0 unspecified atom stereocenters.